The van der Waals surface area contributed by atoms with Crippen LogP contribution in [0.2, 0.25) is 0 Å². The highest BCUT2D eigenvalue weighted by molar-refractivity contribution is 7.10. The minimum atomic E-state index is 0.0179. The van der Waals surface area contributed by atoms with Gasteiger partial charge >= 0.3 is 0 Å². The minimum Gasteiger partial charge on any atom is -0.464 e. The number of aryl methyl sites for hydroxylation is 2. The van der Waals surface area contributed by atoms with Crippen LogP contribution in [-0.2, 0) is 11.2 Å². The van der Waals surface area contributed by atoms with Crippen LogP contribution in [-0.4, -0.2) is 31.4 Å². The number of hydrogen-bond acceptors (Lipinski definition) is 4. The molecule has 132 valence electrons. The monoisotopic (exact) mass is 356 g/mol. The highest BCUT2D eigenvalue weighted by Gasteiger charge is 2.17. The predicted molar refractivity (Wildman–Crippen MR) is 103 cm³/mol. The number of amides is 1. The van der Waals surface area contributed by atoms with Crippen LogP contribution in [0.3, 0.4) is 0 Å². The van der Waals surface area contributed by atoms with Gasteiger partial charge in [-0.1, -0.05) is 18.2 Å². The zero-order chi connectivity index (χ0) is 18.0. The summed E-state index contributed by atoms with van der Waals surface area (Å²) in [5, 5.41) is 6.16. The minimum absolute atomic E-state index is 0.0179. The quantitative estimate of drug-likeness (QED) is 0.724. The molecule has 0 aliphatic heterocycles. The zero-order valence-corrected chi connectivity index (χ0v) is 15.9. The lowest BCUT2D eigenvalue weighted by atomic mass is 10.0. The van der Waals surface area contributed by atoms with Crippen molar-refractivity contribution in [2.45, 2.75) is 26.3 Å². The number of thiophene rings is 1. The van der Waals surface area contributed by atoms with Crippen molar-refractivity contribution in [2.24, 2.45) is 0 Å². The molecule has 2 heterocycles. The second-order valence-electron chi connectivity index (χ2n) is 6.62. The first kappa shape index (κ1) is 17.7. The van der Waals surface area contributed by atoms with E-state index < -0.39 is 0 Å². The van der Waals surface area contributed by atoms with Gasteiger partial charge in [0, 0.05) is 22.4 Å². The number of carbonyl (C=O) groups excluding carboxylic acids is 1. The summed E-state index contributed by atoms with van der Waals surface area (Å²) in [6.45, 7) is 4.71. The van der Waals surface area contributed by atoms with Crippen LogP contribution in [0, 0.1) is 13.8 Å². The highest BCUT2D eigenvalue weighted by Crippen LogP contribution is 2.27. The molecular weight excluding hydrogens is 332 g/mol. The van der Waals surface area contributed by atoms with Crippen molar-refractivity contribution in [3.05, 3.63) is 57.5 Å². The molecule has 5 heteroatoms. The summed E-state index contributed by atoms with van der Waals surface area (Å²) in [5.74, 6) is 0.0179. The van der Waals surface area contributed by atoms with Gasteiger partial charge in [0.05, 0.1) is 18.7 Å². The van der Waals surface area contributed by atoms with Gasteiger partial charge in [-0.25, -0.2) is 0 Å². The van der Waals surface area contributed by atoms with Crippen molar-refractivity contribution < 1.29 is 9.21 Å². The number of hydrogen-bond donors (Lipinski definition) is 1. The van der Waals surface area contributed by atoms with Gasteiger partial charge in [-0.05, 0) is 50.5 Å². The van der Waals surface area contributed by atoms with E-state index in [4.69, 9.17) is 4.42 Å². The third kappa shape index (κ3) is 3.78. The summed E-state index contributed by atoms with van der Waals surface area (Å²) < 4.78 is 5.70. The second-order valence-corrected chi connectivity index (χ2v) is 7.60. The molecule has 0 saturated carbocycles. The lowest BCUT2D eigenvalue weighted by Crippen LogP contribution is -2.34. The molecule has 25 heavy (non-hydrogen) atoms. The molecule has 1 aromatic carbocycles. The topological polar surface area (TPSA) is 45.5 Å². The number of nitrogens with zero attached hydrogens (tertiary/aromatic N) is 1. The molecule has 0 saturated heterocycles. The van der Waals surface area contributed by atoms with Gasteiger partial charge in [-0.15, -0.1) is 11.3 Å². The molecule has 1 amide bonds. The Morgan fingerprint density at radius 2 is 2.08 bits per heavy atom. The molecule has 3 aromatic rings. The third-order valence-corrected chi connectivity index (χ3v) is 5.65. The summed E-state index contributed by atoms with van der Waals surface area (Å²) in [5.41, 5.74) is 4.15. The largest absolute Gasteiger partial charge is 0.464 e. The number of furan rings is 1. The Balaban J connectivity index is 1.68. The van der Waals surface area contributed by atoms with E-state index in [0.29, 0.717) is 13.0 Å². The molecule has 4 nitrogen and oxygen atoms in total. The Morgan fingerprint density at radius 1 is 1.28 bits per heavy atom. The van der Waals surface area contributed by atoms with E-state index in [0.717, 1.165) is 22.1 Å². The molecule has 0 spiro atoms. The lowest BCUT2D eigenvalue weighted by Gasteiger charge is -2.23. The zero-order valence-electron chi connectivity index (χ0n) is 15.1. The van der Waals surface area contributed by atoms with E-state index in [-0.39, 0.29) is 11.9 Å². The summed E-state index contributed by atoms with van der Waals surface area (Å²) in [6.07, 6.45) is 2.04. The summed E-state index contributed by atoms with van der Waals surface area (Å²) in [4.78, 5) is 15.8. The first-order chi connectivity index (χ1) is 12.0. The number of carbonyl (C=O) groups is 1. The number of rotatable bonds is 6. The lowest BCUT2D eigenvalue weighted by molar-refractivity contribution is -0.120. The Kier molecular flexibility index (Phi) is 5.25. The maximum atomic E-state index is 12.4. The van der Waals surface area contributed by atoms with Crippen molar-refractivity contribution in [3.63, 3.8) is 0 Å². The van der Waals surface area contributed by atoms with Crippen molar-refractivity contribution >= 4 is 28.2 Å². The molecule has 0 fully saturated rings. The highest BCUT2D eigenvalue weighted by atomic mass is 32.1. The van der Waals surface area contributed by atoms with Crippen LogP contribution in [0.25, 0.3) is 11.0 Å². The van der Waals surface area contributed by atoms with Crippen molar-refractivity contribution in [3.8, 4) is 0 Å². The van der Waals surface area contributed by atoms with Crippen LogP contribution in [0.1, 0.15) is 27.6 Å². The third-order valence-electron chi connectivity index (χ3n) is 4.68. The van der Waals surface area contributed by atoms with Gasteiger partial charge in [-0.2, -0.15) is 0 Å². The van der Waals surface area contributed by atoms with E-state index in [1.54, 1.807) is 17.6 Å². The SMILES string of the molecule is Cc1ccc2c(CC(=O)NCC(c3cccs3)N(C)C)coc2c1C. The molecule has 2 aromatic heterocycles. The Hall–Kier alpha value is -2.11. The molecule has 3 rings (SSSR count). The Morgan fingerprint density at radius 3 is 2.76 bits per heavy atom. The standard InChI is InChI=1S/C20H24N2O2S/c1-13-7-8-16-15(12-24-20(16)14(13)2)10-19(23)21-11-17(22(3)4)18-6-5-9-25-18/h5-9,12,17H,10-11H2,1-4H3,(H,21,23). The molecule has 1 N–H and O–H groups in total. The average molecular weight is 356 g/mol. The van der Waals surface area contributed by atoms with E-state index >= 15 is 0 Å². The van der Waals surface area contributed by atoms with Crippen molar-refractivity contribution in [1.82, 2.24) is 10.2 Å². The van der Waals surface area contributed by atoms with Crippen molar-refractivity contribution in [2.75, 3.05) is 20.6 Å². The van der Waals surface area contributed by atoms with Gasteiger partial charge in [0.15, 0.2) is 0 Å². The van der Waals surface area contributed by atoms with Gasteiger partial charge < -0.3 is 14.6 Å². The van der Waals surface area contributed by atoms with Crippen LogP contribution in [0.5, 0.6) is 0 Å². The first-order valence-corrected chi connectivity index (χ1v) is 9.28. The fraction of sp³-hybridized carbons (Fsp3) is 0.350. The Bertz CT molecular complexity index is 865. The maximum Gasteiger partial charge on any atom is 0.224 e. The molecule has 1 unspecified atom stereocenters. The van der Waals surface area contributed by atoms with Gasteiger partial charge in [0.1, 0.15) is 5.58 Å². The summed E-state index contributed by atoms with van der Waals surface area (Å²) in [6, 6.07) is 8.46. The summed E-state index contributed by atoms with van der Waals surface area (Å²) in [7, 11) is 4.07. The normalized spacial score (nSPS) is 12.7. The van der Waals surface area contributed by atoms with Crippen LogP contribution >= 0.6 is 11.3 Å². The molecule has 1 atom stereocenters. The smallest absolute Gasteiger partial charge is 0.224 e. The maximum absolute atomic E-state index is 12.4. The number of nitrogens with one attached hydrogen (secondary N) is 1. The van der Waals surface area contributed by atoms with Gasteiger partial charge in [-0.3, -0.25) is 4.79 Å². The van der Waals surface area contributed by atoms with E-state index in [1.807, 2.05) is 33.2 Å². The van der Waals surface area contributed by atoms with Crippen LogP contribution in [0.4, 0.5) is 0 Å². The molecule has 0 radical (unpaired) electrons. The fourth-order valence-corrected chi connectivity index (χ4v) is 3.91. The van der Waals surface area contributed by atoms with E-state index in [9.17, 15) is 4.79 Å². The molecular formula is C20H24N2O2S. The van der Waals surface area contributed by atoms with Crippen LogP contribution < -0.4 is 5.32 Å². The van der Waals surface area contributed by atoms with E-state index in [2.05, 4.69) is 34.7 Å². The number of benzene rings is 1. The number of likely N-dealkylation sites (N-methyl/N-ethyl adjacent to an activating group) is 1. The second kappa shape index (κ2) is 7.42. The predicted octanol–water partition coefficient (Wildman–Crippen LogP) is 4.07. The van der Waals surface area contributed by atoms with Crippen LogP contribution in [0.15, 0.2) is 40.3 Å². The number of fused-ring (bicyclic) bond motifs is 1. The van der Waals surface area contributed by atoms with Gasteiger partial charge in [0.2, 0.25) is 5.91 Å². The van der Waals surface area contributed by atoms with Gasteiger partial charge in [0.25, 0.3) is 0 Å². The van der Waals surface area contributed by atoms with E-state index in [1.165, 1.54) is 10.4 Å². The first-order valence-electron chi connectivity index (χ1n) is 8.40. The summed E-state index contributed by atoms with van der Waals surface area (Å²) >= 11 is 1.71. The Labute approximate surface area is 152 Å². The average Bonchev–Trinajstić information content (AvgIpc) is 3.21. The van der Waals surface area contributed by atoms with Crippen molar-refractivity contribution in [1.29, 1.82) is 0 Å². The molecule has 0 bridgehead atoms. The molecule has 0 aliphatic carbocycles. The molecule has 0 aliphatic rings. The fourth-order valence-electron chi connectivity index (χ4n) is 2.99.